The summed E-state index contributed by atoms with van der Waals surface area (Å²) in [4.78, 5) is 3.29. The van der Waals surface area contributed by atoms with E-state index in [9.17, 15) is 0 Å². The van der Waals surface area contributed by atoms with Crippen LogP contribution >= 0.6 is 24.0 Å². The molecule has 2 rings (SSSR count). The lowest BCUT2D eigenvalue weighted by Gasteiger charge is -2.10. The topological polar surface area (TPSA) is 20.7 Å². The van der Waals surface area contributed by atoms with Crippen molar-refractivity contribution in [2.24, 2.45) is 0 Å². The molecular weight excluding hydrogens is 236 g/mol. The van der Waals surface area contributed by atoms with Crippen LogP contribution in [-0.2, 0) is 6.54 Å². The lowest BCUT2D eigenvalue weighted by molar-refractivity contribution is 0.702. The van der Waals surface area contributed by atoms with Crippen molar-refractivity contribution >= 4 is 35.0 Å². The summed E-state index contributed by atoms with van der Waals surface area (Å²) in [6.07, 6.45) is 2.13. The first-order chi connectivity index (χ1) is 7.63. The van der Waals surface area contributed by atoms with Gasteiger partial charge in [-0.1, -0.05) is 19.1 Å². The summed E-state index contributed by atoms with van der Waals surface area (Å²) < 4.78 is 3.02. The fourth-order valence-electron chi connectivity index (χ4n) is 1.84. The van der Waals surface area contributed by atoms with Crippen LogP contribution in [0.15, 0.2) is 18.2 Å². The van der Waals surface area contributed by atoms with Crippen LogP contribution in [0.1, 0.15) is 12.5 Å². The van der Waals surface area contributed by atoms with Gasteiger partial charge < -0.3 is 9.55 Å². The van der Waals surface area contributed by atoms with Crippen molar-refractivity contribution in [3.8, 4) is 0 Å². The quantitative estimate of drug-likeness (QED) is 0.840. The number of benzene rings is 1. The lowest BCUT2D eigenvalue weighted by Crippen LogP contribution is -2.08. The zero-order valence-corrected chi connectivity index (χ0v) is 11.4. The molecule has 0 saturated heterocycles. The van der Waals surface area contributed by atoms with Crippen LogP contribution in [0, 0.1) is 11.7 Å². The van der Waals surface area contributed by atoms with Crippen molar-refractivity contribution in [3.05, 3.63) is 28.5 Å². The standard InChI is InChI=1S/C12H16N2S2/c1-8-5-4-6-10-11(8)13-12(15)14(10)7-9(2)16-3/h4-6,9H,7H2,1-3H3,(H,13,15). The van der Waals surface area contributed by atoms with E-state index in [0.717, 1.165) is 11.3 Å². The van der Waals surface area contributed by atoms with Crippen LogP contribution in [0.5, 0.6) is 0 Å². The summed E-state index contributed by atoms with van der Waals surface area (Å²) in [5, 5.41) is 0.575. The normalized spacial score (nSPS) is 13.2. The molecule has 0 bridgehead atoms. The number of aromatic nitrogens is 2. The Morgan fingerprint density at radius 3 is 2.94 bits per heavy atom. The monoisotopic (exact) mass is 252 g/mol. The number of fused-ring (bicyclic) bond motifs is 1. The van der Waals surface area contributed by atoms with Crippen molar-refractivity contribution in [1.82, 2.24) is 9.55 Å². The molecule has 1 aromatic carbocycles. The Morgan fingerprint density at radius 2 is 2.25 bits per heavy atom. The van der Waals surface area contributed by atoms with E-state index < -0.39 is 0 Å². The van der Waals surface area contributed by atoms with E-state index in [-0.39, 0.29) is 0 Å². The molecule has 0 radical (unpaired) electrons. The van der Waals surface area contributed by atoms with Gasteiger partial charge in [0.25, 0.3) is 0 Å². The highest BCUT2D eigenvalue weighted by Gasteiger charge is 2.08. The number of nitrogens with zero attached hydrogens (tertiary/aromatic N) is 1. The molecule has 0 aliphatic rings. The van der Waals surface area contributed by atoms with Crippen LogP contribution in [0.2, 0.25) is 0 Å². The van der Waals surface area contributed by atoms with E-state index in [1.54, 1.807) is 0 Å². The summed E-state index contributed by atoms with van der Waals surface area (Å²) in [5.41, 5.74) is 3.63. The van der Waals surface area contributed by atoms with Crippen molar-refractivity contribution < 1.29 is 0 Å². The summed E-state index contributed by atoms with van der Waals surface area (Å²) in [6.45, 7) is 5.29. The van der Waals surface area contributed by atoms with Gasteiger partial charge in [-0.3, -0.25) is 0 Å². The third-order valence-electron chi connectivity index (χ3n) is 2.86. The van der Waals surface area contributed by atoms with Crippen LogP contribution in [0.25, 0.3) is 11.0 Å². The predicted molar refractivity (Wildman–Crippen MR) is 74.8 cm³/mol. The van der Waals surface area contributed by atoms with Gasteiger partial charge in [0.1, 0.15) is 0 Å². The zero-order valence-electron chi connectivity index (χ0n) is 9.78. The first kappa shape index (κ1) is 11.7. The molecule has 0 aliphatic heterocycles. The Labute approximate surface area is 105 Å². The highest BCUT2D eigenvalue weighted by atomic mass is 32.2. The van der Waals surface area contributed by atoms with Crippen molar-refractivity contribution in [2.45, 2.75) is 25.6 Å². The number of hydrogen-bond donors (Lipinski definition) is 1. The lowest BCUT2D eigenvalue weighted by atomic mass is 10.2. The van der Waals surface area contributed by atoms with E-state index in [4.69, 9.17) is 12.2 Å². The van der Waals surface area contributed by atoms with Gasteiger partial charge in [0.05, 0.1) is 11.0 Å². The number of hydrogen-bond acceptors (Lipinski definition) is 2. The molecule has 1 heterocycles. The van der Waals surface area contributed by atoms with Crippen LogP contribution in [0.3, 0.4) is 0 Å². The Bertz CT molecular complexity index is 554. The highest BCUT2D eigenvalue weighted by Crippen LogP contribution is 2.19. The summed E-state index contributed by atoms with van der Waals surface area (Å²) in [7, 11) is 0. The van der Waals surface area contributed by atoms with E-state index >= 15 is 0 Å². The number of para-hydroxylation sites is 1. The van der Waals surface area contributed by atoms with Gasteiger partial charge in [-0.15, -0.1) is 0 Å². The minimum Gasteiger partial charge on any atom is -0.330 e. The zero-order chi connectivity index (χ0) is 11.7. The van der Waals surface area contributed by atoms with E-state index in [2.05, 4.69) is 47.9 Å². The van der Waals surface area contributed by atoms with Gasteiger partial charge in [-0.2, -0.15) is 11.8 Å². The maximum atomic E-state index is 5.38. The Balaban J connectivity index is 2.57. The second-order valence-electron chi connectivity index (χ2n) is 4.06. The van der Waals surface area contributed by atoms with E-state index in [1.807, 2.05) is 11.8 Å². The number of rotatable bonds is 3. The average Bonchev–Trinajstić information content (AvgIpc) is 2.58. The van der Waals surface area contributed by atoms with Gasteiger partial charge in [-0.25, -0.2) is 0 Å². The van der Waals surface area contributed by atoms with E-state index in [1.165, 1.54) is 16.6 Å². The first-order valence-corrected chi connectivity index (χ1v) is 7.04. The van der Waals surface area contributed by atoms with Gasteiger partial charge in [-0.05, 0) is 37.0 Å². The average molecular weight is 252 g/mol. The fraction of sp³-hybridized carbons (Fsp3) is 0.417. The molecule has 1 unspecified atom stereocenters. The number of aromatic amines is 1. The molecule has 0 amide bonds. The molecule has 2 nitrogen and oxygen atoms in total. The molecule has 16 heavy (non-hydrogen) atoms. The van der Waals surface area contributed by atoms with Crippen LogP contribution < -0.4 is 0 Å². The Morgan fingerprint density at radius 1 is 1.50 bits per heavy atom. The number of H-pyrrole nitrogens is 1. The SMILES string of the molecule is CSC(C)Cn1c(=S)[nH]c2c(C)cccc21. The van der Waals surface area contributed by atoms with E-state index in [0.29, 0.717) is 5.25 Å². The first-order valence-electron chi connectivity index (χ1n) is 5.34. The largest absolute Gasteiger partial charge is 0.330 e. The second-order valence-corrected chi connectivity index (χ2v) is 5.72. The number of aryl methyl sites for hydroxylation is 1. The highest BCUT2D eigenvalue weighted by molar-refractivity contribution is 7.99. The molecule has 4 heteroatoms. The molecule has 0 aliphatic carbocycles. The summed E-state index contributed by atoms with van der Waals surface area (Å²) in [6, 6.07) is 6.32. The van der Waals surface area contributed by atoms with Gasteiger partial charge in [0.15, 0.2) is 4.77 Å². The molecule has 86 valence electrons. The molecule has 0 spiro atoms. The molecule has 0 fully saturated rings. The molecular formula is C12H16N2S2. The molecule has 0 saturated carbocycles. The second kappa shape index (κ2) is 4.63. The van der Waals surface area contributed by atoms with Crippen molar-refractivity contribution in [3.63, 3.8) is 0 Å². The molecule has 1 N–H and O–H groups in total. The van der Waals surface area contributed by atoms with Crippen LogP contribution in [-0.4, -0.2) is 21.1 Å². The fourth-order valence-corrected chi connectivity index (χ4v) is 2.41. The van der Waals surface area contributed by atoms with Crippen molar-refractivity contribution in [1.29, 1.82) is 0 Å². The third kappa shape index (κ3) is 2.04. The Kier molecular flexibility index (Phi) is 3.40. The van der Waals surface area contributed by atoms with Gasteiger partial charge in [0.2, 0.25) is 0 Å². The summed E-state index contributed by atoms with van der Waals surface area (Å²) in [5.74, 6) is 0. The predicted octanol–water partition coefficient (Wildman–Crippen LogP) is 3.76. The maximum absolute atomic E-state index is 5.38. The number of imidazole rings is 1. The van der Waals surface area contributed by atoms with Gasteiger partial charge >= 0.3 is 0 Å². The smallest absolute Gasteiger partial charge is 0.178 e. The Hall–Kier alpha value is -0.740. The molecule has 1 atom stereocenters. The number of nitrogens with one attached hydrogen (secondary N) is 1. The minimum atomic E-state index is 0.575. The van der Waals surface area contributed by atoms with Crippen LogP contribution in [0.4, 0.5) is 0 Å². The number of thioether (sulfide) groups is 1. The van der Waals surface area contributed by atoms with Gasteiger partial charge in [0, 0.05) is 11.8 Å². The van der Waals surface area contributed by atoms with Crippen molar-refractivity contribution in [2.75, 3.05) is 6.26 Å². The maximum Gasteiger partial charge on any atom is 0.178 e. The molecule has 2 aromatic rings. The third-order valence-corrected chi connectivity index (χ3v) is 4.14. The minimum absolute atomic E-state index is 0.575. The molecule has 1 aromatic heterocycles. The summed E-state index contributed by atoms with van der Waals surface area (Å²) >= 11 is 7.24.